The summed E-state index contributed by atoms with van der Waals surface area (Å²) in [5, 5.41) is 0. The second-order valence-corrected chi connectivity index (χ2v) is 18.1. The maximum atomic E-state index is 12.6. The average Bonchev–Trinajstić information content (AvgIpc) is 2.56. The molecule has 0 fully saturated rings. The summed E-state index contributed by atoms with van der Waals surface area (Å²) in [4.78, 5) is 23.5. The van der Waals surface area contributed by atoms with E-state index in [9.17, 15) is 22.8 Å². The topological polar surface area (TPSA) is 52.6 Å². The summed E-state index contributed by atoms with van der Waals surface area (Å²) >= 11 is 0. The number of alkyl halides is 3. The molecule has 0 N–H and O–H groups in total. The predicted octanol–water partition coefficient (Wildman–Crippen LogP) is 4.75. The summed E-state index contributed by atoms with van der Waals surface area (Å²) in [6.07, 6.45) is -6.90. The lowest BCUT2D eigenvalue weighted by molar-refractivity contribution is -0.217. The lowest BCUT2D eigenvalue weighted by atomic mass is 10.0. The van der Waals surface area contributed by atoms with E-state index in [0.717, 1.165) is 6.92 Å². The SMILES string of the molecule is CC(OC(=O)c1cc(C#C[Si](C)(C)C)ccc1C#C[Si](C)(C)C)OC(=O)C(F)(F)F. The van der Waals surface area contributed by atoms with Gasteiger partial charge in [-0.3, -0.25) is 0 Å². The second kappa shape index (κ2) is 9.54. The highest BCUT2D eigenvalue weighted by molar-refractivity contribution is 6.84. The van der Waals surface area contributed by atoms with Crippen LogP contribution in [0.3, 0.4) is 0 Å². The summed E-state index contributed by atoms with van der Waals surface area (Å²) < 4.78 is 46.0. The number of halogens is 3. The molecule has 1 rings (SSSR count). The maximum absolute atomic E-state index is 12.6. The Morgan fingerprint density at radius 1 is 0.933 bits per heavy atom. The van der Waals surface area contributed by atoms with Crippen LogP contribution in [0.5, 0.6) is 0 Å². The van der Waals surface area contributed by atoms with Gasteiger partial charge in [-0.15, -0.1) is 11.1 Å². The van der Waals surface area contributed by atoms with Gasteiger partial charge in [0.15, 0.2) is 0 Å². The molecule has 0 radical (unpaired) electrons. The minimum Gasteiger partial charge on any atom is -0.422 e. The van der Waals surface area contributed by atoms with Gasteiger partial charge in [0.1, 0.15) is 16.1 Å². The summed E-state index contributed by atoms with van der Waals surface area (Å²) in [5.41, 5.74) is 7.29. The number of hydrogen-bond acceptors (Lipinski definition) is 4. The van der Waals surface area contributed by atoms with Crippen molar-refractivity contribution in [3.8, 4) is 22.9 Å². The quantitative estimate of drug-likeness (QED) is 0.286. The zero-order chi connectivity index (χ0) is 23.3. The van der Waals surface area contributed by atoms with Gasteiger partial charge in [0.05, 0.1) is 5.56 Å². The fourth-order valence-electron chi connectivity index (χ4n) is 1.87. The highest BCUT2D eigenvalue weighted by Gasteiger charge is 2.42. The molecule has 0 saturated carbocycles. The van der Waals surface area contributed by atoms with E-state index in [2.05, 4.69) is 47.3 Å². The molecule has 0 bridgehead atoms. The average molecular weight is 455 g/mol. The van der Waals surface area contributed by atoms with Crippen molar-refractivity contribution in [1.82, 2.24) is 0 Å². The Labute approximate surface area is 177 Å². The summed E-state index contributed by atoms with van der Waals surface area (Å²) in [5.74, 6) is 2.59. The molecular formula is C21H25F3O4Si2. The third kappa shape index (κ3) is 9.33. The van der Waals surface area contributed by atoms with Crippen LogP contribution in [0.2, 0.25) is 39.3 Å². The van der Waals surface area contributed by atoms with Crippen LogP contribution in [0.4, 0.5) is 13.2 Å². The fraction of sp³-hybridized carbons (Fsp3) is 0.429. The number of carbonyl (C=O) groups is 2. The van der Waals surface area contributed by atoms with E-state index in [0.29, 0.717) is 11.1 Å². The third-order valence-corrected chi connectivity index (χ3v) is 4.92. The monoisotopic (exact) mass is 454 g/mol. The molecule has 1 aromatic rings. The molecule has 9 heteroatoms. The van der Waals surface area contributed by atoms with Crippen LogP contribution in [0.15, 0.2) is 18.2 Å². The van der Waals surface area contributed by atoms with Crippen LogP contribution in [0.1, 0.15) is 28.4 Å². The molecule has 1 aromatic carbocycles. The fourth-order valence-corrected chi connectivity index (χ4v) is 2.90. The Balaban J connectivity index is 3.26. The molecule has 0 aromatic heterocycles. The molecule has 162 valence electrons. The van der Waals surface area contributed by atoms with E-state index in [1.807, 2.05) is 19.6 Å². The van der Waals surface area contributed by atoms with Gasteiger partial charge >= 0.3 is 18.1 Å². The first-order chi connectivity index (χ1) is 13.5. The minimum absolute atomic E-state index is 0.0537. The minimum atomic E-state index is -5.18. The van der Waals surface area contributed by atoms with Gasteiger partial charge in [-0.1, -0.05) is 51.1 Å². The predicted molar refractivity (Wildman–Crippen MR) is 114 cm³/mol. The Bertz CT molecular complexity index is 934. The first-order valence-corrected chi connectivity index (χ1v) is 16.2. The van der Waals surface area contributed by atoms with E-state index in [-0.39, 0.29) is 5.56 Å². The highest BCUT2D eigenvalue weighted by atomic mass is 28.3. The van der Waals surface area contributed by atoms with Crippen molar-refractivity contribution in [1.29, 1.82) is 0 Å². The largest absolute Gasteiger partial charge is 0.491 e. The molecule has 30 heavy (non-hydrogen) atoms. The van der Waals surface area contributed by atoms with Crippen molar-refractivity contribution in [3.05, 3.63) is 34.9 Å². The maximum Gasteiger partial charge on any atom is 0.491 e. The molecule has 0 spiro atoms. The van der Waals surface area contributed by atoms with Crippen LogP contribution in [-0.2, 0) is 14.3 Å². The van der Waals surface area contributed by atoms with Crippen molar-refractivity contribution in [2.45, 2.75) is 58.7 Å². The van der Waals surface area contributed by atoms with Crippen molar-refractivity contribution in [2.75, 3.05) is 0 Å². The van der Waals surface area contributed by atoms with E-state index in [4.69, 9.17) is 4.74 Å². The molecule has 4 nitrogen and oxygen atoms in total. The number of esters is 2. The summed E-state index contributed by atoms with van der Waals surface area (Å²) in [6, 6.07) is 4.84. The van der Waals surface area contributed by atoms with Crippen LogP contribution in [0.25, 0.3) is 0 Å². The standard InChI is InChI=1S/C21H25F3O4Si2/c1-15(28-20(26)21(22,23)24)27-19(25)18-14-16(10-12-29(2,3)4)8-9-17(18)11-13-30(5,6)7/h8-9,14-15H,1-7H3. The lowest BCUT2D eigenvalue weighted by Crippen LogP contribution is -2.31. The van der Waals surface area contributed by atoms with E-state index >= 15 is 0 Å². The molecule has 1 unspecified atom stereocenters. The van der Waals surface area contributed by atoms with Crippen LogP contribution < -0.4 is 0 Å². The number of benzene rings is 1. The Morgan fingerprint density at radius 2 is 1.47 bits per heavy atom. The zero-order valence-electron chi connectivity index (χ0n) is 18.1. The highest BCUT2D eigenvalue weighted by Crippen LogP contribution is 2.19. The first kappa shape index (κ1) is 25.5. The van der Waals surface area contributed by atoms with Gasteiger partial charge in [-0.25, -0.2) is 9.59 Å². The molecule has 0 aliphatic carbocycles. The first-order valence-electron chi connectivity index (χ1n) is 9.17. The number of carbonyl (C=O) groups excluding carboxylic acids is 2. The molecule has 0 amide bonds. The smallest absolute Gasteiger partial charge is 0.422 e. The van der Waals surface area contributed by atoms with Gasteiger partial charge in [0.2, 0.25) is 6.29 Å². The van der Waals surface area contributed by atoms with Crippen molar-refractivity contribution in [3.63, 3.8) is 0 Å². The summed E-state index contributed by atoms with van der Waals surface area (Å²) in [7, 11) is -3.42. The zero-order valence-corrected chi connectivity index (χ0v) is 20.1. The molecule has 0 aliphatic rings. The van der Waals surface area contributed by atoms with Crippen molar-refractivity contribution in [2.24, 2.45) is 0 Å². The normalized spacial score (nSPS) is 12.6. The number of rotatable bonds is 3. The Hall–Kier alpha value is -2.50. The summed E-state index contributed by atoms with van der Waals surface area (Å²) in [6.45, 7) is 13.3. The lowest BCUT2D eigenvalue weighted by Gasteiger charge is -2.16. The van der Waals surface area contributed by atoms with E-state index < -0.39 is 40.6 Å². The van der Waals surface area contributed by atoms with E-state index in [1.165, 1.54) is 6.07 Å². The van der Waals surface area contributed by atoms with Gasteiger partial charge in [-0.2, -0.15) is 13.2 Å². The molecule has 1 atom stereocenters. The van der Waals surface area contributed by atoms with Crippen LogP contribution in [-0.4, -0.2) is 40.6 Å². The van der Waals surface area contributed by atoms with Gasteiger partial charge in [0, 0.05) is 18.1 Å². The van der Waals surface area contributed by atoms with E-state index in [1.54, 1.807) is 12.1 Å². The van der Waals surface area contributed by atoms with Gasteiger partial charge < -0.3 is 9.47 Å². The Kier molecular flexibility index (Phi) is 8.12. The van der Waals surface area contributed by atoms with Gasteiger partial charge in [-0.05, 0) is 18.2 Å². The molecule has 0 saturated heterocycles. The van der Waals surface area contributed by atoms with Gasteiger partial charge in [0.25, 0.3) is 0 Å². The molecule has 0 heterocycles. The molecular weight excluding hydrogens is 429 g/mol. The van der Waals surface area contributed by atoms with Crippen LogP contribution in [0, 0.1) is 22.9 Å². The number of hydrogen-bond donors (Lipinski definition) is 0. The van der Waals surface area contributed by atoms with Crippen molar-refractivity contribution >= 4 is 28.1 Å². The second-order valence-electron chi connectivity index (χ2n) is 8.64. The number of ether oxygens (including phenoxy) is 2. The molecule has 0 aliphatic heterocycles. The Morgan fingerprint density at radius 3 is 1.97 bits per heavy atom. The van der Waals surface area contributed by atoms with Crippen molar-refractivity contribution < 1.29 is 32.2 Å². The van der Waals surface area contributed by atoms with Crippen LogP contribution >= 0.6 is 0 Å². The third-order valence-electron chi connectivity index (χ3n) is 3.17.